The maximum absolute atomic E-state index is 11.3. The Balaban J connectivity index is 2.19. The van der Waals surface area contributed by atoms with Gasteiger partial charge in [-0.15, -0.1) is 0 Å². The van der Waals surface area contributed by atoms with Gasteiger partial charge in [-0.25, -0.2) is 4.79 Å². The van der Waals surface area contributed by atoms with Gasteiger partial charge in [0.25, 0.3) is 0 Å². The smallest absolute Gasteiger partial charge is 0.335 e. The fourth-order valence-corrected chi connectivity index (χ4v) is 2.38. The summed E-state index contributed by atoms with van der Waals surface area (Å²) in [5.41, 5.74) is 0.0639. The number of hydrogen-bond donors (Lipinski definition) is 5. The minimum absolute atomic E-state index is 0.0639. The van der Waals surface area contributed by atoms with Crippen molar-refractivity contribution in [2.24, 2.45) is 0 Å². The van der Waals surface area contributed by atoms with Crippen LogP contribution in [0.4, 0.5) is 0 Å². The lowest BCUT2D eigenvalue weighted by Gasteiger charge is -2.42. The summed E-state index contributed by atoms with van der Waals surface area (Å²) in [5, 5.41) is 40.6. The fourth-order valence-electron chi connectivity index (χ4n) is 2.38. The maximum Gasteiger partial charge on any atom is 0.335 e. The third kappa shape index (κ3) is 4.01. The SMILES string of the molecule is CC(=O)N[C@@H]1[C@H](Oc2ccc(C(=O)O)cc2)O[C@H](CO)[C@@H](O)[C@H]1O. The number of nitrogens with one attached hydrogen (secondary N) is 1. The Bertz CT molecular complexity index is 590. The van der Waals surface area contributed by atoms with Crippen LogP contribution in [-0.2, 0) is 9.53 Å². The first-order chi connectivity index (χ1) is 11.3. The Hall–Kier alpha value is -2.20. The lowest BCUT2D eigenvalue weighted by molar-refractivity contribution is -0.244. The predicted octanol–water partition coefficient (Wildman–Crippen LogP) is -1.29. The van der Waals surface area contributed by atoms with Crippen LogP contribution >= 0.6 is 0 Å². The van der Waals surface area contributed by atoms with Crippen molar-refractivity contribution < 1.29 is 39.5 Å². The van der Waals surface area contributed by atoms with Crippen molar-refractivity contribution in [2.75, 3.05) is 6.61 Å². The summed E-state index contributed by atoms with van der Waals surface area (Å²) in [5.74, 6) is -1.32. The quantitative estimate of drug-likeness (QED) is 0.445. The second kappa shape index (κ2) is 7.58. The highest BCUT2D eigenvalue weighted by molar-refractivity contribution is 5.87. The zero-order valence-electron chi connectivity index (χ0n) is 12.8. The number of ether oxygens (including phenoxy) is 2. The number of aliphatic hydroxyl groups excluding tert-OH is 3. The molecule has 1 aliphatic heterocycles. The molecule has 1 heterocycles. The van der Waals surface area contributed by atoms with E-state index in [1.54, 1.807) is 0 Å². The summed E-state index contributed by atoms with van der Waals surface area (Å²) in [7, 11) is 0. The normalized spacial score (nSPS) is 29.8. The summed E-state index contributed by atoms with van der Waals surface area (Å²) in [6.07, 6.45) is -5.09. The van der Waals surface area contributed by atoms with Gasteiger partial charge in [-0.2, -0.15) is 0 Å². The van der Waals surface area contributed by atoms with E-state index in [-0.39, 0.29) is 11.3 Å². The first kappa shape index (κ1) is 18.1. The molecule has 1 saturated heterocycles. The number of carbonyl (C=O) groups excluding carboxylic acids is 1. The Kier molecular flexibility index (Phi) is 5.73. The molecule has 1 fully saturated rings. The second-order valence-electron chi connectivity index (χ2n) is 5.38. The van der Waals surface area contributed by atoms with E-state index < -0.39 is 49.1 Å². The second-order valence-corrected chi connectivity index (χ2v) is 5.38. The first-order valence-electron chi connectivity index (χ1n) is 7.23. The summed E-state index contributed by atoms with van der Waals surface area (Å²) in [6, 6.07) is 4.36. The van der Waals surface area contributed by atoms with Crippen LogP contribution in [0.25, 0.3) is 0 Å². The van der Waals surface area contributed by atoms with E-state index in [1.807, 2.05) is 0 Å². The molecule has 9 nitrogen and oxygen atoms in total. The van der Waals surface area contributed by atoms with Crippen LogP contribution in [0.1, 0.15) is 17.3 Å². The molecular weight excluding hydrogens is 322 g/mol. The van der Waals surface area contributed by atoms with Crippen LogP contribution < -0.4 is 10.1 Å². The van der Waals surface area contributed by atoms with Crippen LogP contribution in [0.3, 0.4) is 0 Å². The van der Waals surface area contributed by atoms with Gasteiger partial charge in [0.05, 0.1) is 12.2 Å². The molecule has 132 valence electrons. The zero-order valence-corrected chi connectivity index (χ0v) is 12.8. The number of carbonyl (C=O) groups is 2. The lowest BCUT2D eigenvalue weighted by atomic mass is 9.97. The van der Waals surface area contributed by atoms with E-state index in [4.69, 9.17) is 14.6 Å². The maximum atomic E-state index is 11.3. The highest BCUT2D eigenvalue weighted by Gasteiger charge is 2.46. The standard InChI is InChI=1S/C15H19NO8/c1-7(18)16-11-13(20)12(19)10(6-17)24-15(11)23-9-4-2-8(3-5-9)14(21)22/h2-5,10-13,15,17,19-20H,6H2,1H3,(H,16,18)(H,21,22)/t10-,11+,12-,13+,15-/m1/s1. The first-order valence-corrected chi connectivity index (χ1v) is 7.23. The highest BCUT2D eigenvalue weighted by Crippen LogP contribution is 2.24. The van der Waals surface area contributed by atoms with E-state index in [0.29, 0.717) is 0 Å². The number of benzene rings is 1. The van der Waals surface area contributed by atoms with Crippen LogP contribution in [-0.4, -0.2) is 69.6 Å². The minimum Gasteiger partial charge on any atom is -0.478 e. The molecule has 0 saturated carbocycles. The number of amides is 1. The molecule has 0 aromatic heterocycles. The number of aliphatic hydroxyl groups is 3. The largest absolute Gasteiger partial charge is 0.478 e. The Morgan fingerprint density at radius 3 is 2.33 bits per heavy atom. The van der Waals surface area contributed by atoms with Crippen molar-refractivity contribution in [3.8, 4) is 5.75 Å². The van der Waals surface area contributed by atoms with E-state index in [9.17, 15) is 24.9 Å². The van der Waals surface area contributed by atoms with E-state index in [0.717, 1.165) is 0 Å². The third-order valence-electron chi connectivity index (χ3n) is 3.60. The van der Waals surface area contributed by atoms with E-state index >= 15 is 0 Å². The van der Waals surface area contributed by atoms with Crippen molar-refractivity contribution >= 4 is 11.9 Å². The number of rotatable bonds is 5. The predicted molar refractivity (Wildman–Crippen MR) is 79.4 cm³/mol. The van der Waals surface area contributed by atoms with Crippen LogP contribution in [0.15, 0.2) is 24.3 Å². The van der Waals surface area contributed by atoms with Gasteiger partial charge in [0, 0.05) is 6.92 Å². The summed E-state index contributed by atoms with van der Waals surface area (Å²) in [4.78, 5) is 22.1. The van der Waals surface area contributed by atoms with Crippen molar-refractivity contribution in [2.45, 2.75) is 37.6 Å². The molecule has 9 heteroatoms. The van der Waals surface area contributed by atoms with Crippen molar-refractivity contribution in [1.82, 2.24) is 5.32 Å². The molecule has 1 amide bonds. The molecule has 0 radical (unpaired) electrons. The molecule has 1 aromatic carbocycles. The average Bonchev–Trinajstić information content (AvgIpc) is 2.54. The molecule has 0 spiro atoms. The van der Waals surface area contributed by atoms with Gasteiger partial charge in [-0.05, 0) is 24.3 Å². The molecule has 2 rings (SSSR count). The van der Waals surface area contributed by atoms with Crippen LogP contribution in [0.5, 0.6) is 5.75 Å². The summed E-state index contributed by atoms with van der Waals surface area (Å²) < 4.78 is 10.9. The van der Waals surface area contributed by atoms with Gasteiger partial charge < -0.3 is 35.2 Å². The molecule has 0 aliphatic carbocycles. The van der Waals surface area contributed by atoms with E-state index in [2.05, 4.69) is 5.32 Å². The van der Waals surface area contributed by atoms with Crippen LogP contribution in [0.2, 0.25) is 0 Å². The molecule has 0 unspecified atom stereocenters. The highest BCUT2D eigenvalue weighted by atomic mass is 16.7. The van der Waals surface area contributed by atoms with Gasteiger partial charge >= 0.3 is 5.97 Å². The number of hydrogen-bond acceptors (Lipinski definition) is 7. The monoisotopic (exact) mass is 341 g/mol. The van der Waals surface area contributed by atoms with Gasteiger partial charge in [-0.1, -0.05) is 0 Å². The van der Waals surface area contributed by atoms with Gasteiger partial charge in [-0.3, -0.25) is 4.79 Å². The molecular formula is C15H19NO8. The summed E-state index contributed by atoms with van der Waals surface area (Å²) >= 11 is 0. The summed E-state index contributed by atoms with van der Waals surface area (Å²) in [6.45, 7) is 0.679. The topological polar surface area (TPSA) is 146 Å². The molecule has 5 N–H and O–H groups in total. The molecule has 24 heavy (non-hydrogen) atoms. The van der Waals surface area contributed by atoms with Crippen LogP contribution in [0, 0.1) is 0 Å². The number of carboxylic acid groups (broad SMARTS) is 1. The minimum atomic E-state index is -1.41. The molecule has 5 atom stereocenters. The number of aromatic carboxylic acids is 1. The Morgan fingerprint density at radius 2 is 1.83 bits per heavy atom. The van der Waals surface area contributed by atoms with Gasteiger partial charge in [0.15, 0.2) is 0 Å². The van der Waals surface area contributed by atoms with Gasteiger partial charge in [0.1, 0.15) is 30.1 Å². The lowest BCUT2D eigenvalue weighted by Crippen LogP contribution is -2.65. The average molecular weight is 341 g/mol. The number of carboxylic acids is 1. The molecule has 0 bridgehead atoms. The van der Waals surface area contributed by atoms with Gasteiger partial charge in [0.2, 0.25) is 12.2 Å². The fraction of sp³-hybridized carbons (Fsp3) is 0.467. The van der Waals surface area contributed by atoms with Crippen molar-refractivity contribution in [3.63, 3.8) is 0 Å². The zero-order chi connectivity index (χ0) is 17.9. The van der Waals surface area contributed by atoms with Crippen molar-refractivity contribution in [3.05, 3.63) is 29.8 Å². The Morgan fingerprint density at radius 1 is 1.21 bits per heavy atom. The third-order valence-corrected chi connectivity index (χ3v) is 3.60. The molecule has 1 aliphatic rings. The van der Waals surface area contributed by atoms with E-state index in [1.165, 1.54) is 31.2 Å². The van der Waals surface area contributed by atoms with Crippen molar-refractivity contribution in [1.29, 1.82) is 0 Å². The Labute approximate surface area is 137 Å². The molecule has 1 aromatic rings.